The van der Waals surface area contributed by atoms with Crippen molar-refractivity contribution in [1.82, 2.24) is 0 Å². The summed E-state index contributed by atoms with van der Waals surface area (Å²) in [6.07, 6.45) is 92.9. The highest BCUT2D eigenvalue weighted by Gasteiger charge is 2.19. The van der Waals surface area contributed by atoms with Crippen molar-refractivity contribution < 1.29 is 28.6 Å². The van der Waals surface area contributed by atoms with Gasteiger partial charge in [-0.25, -0.2) is 0 Å². The van der Waals surface area contributed by atoms with Crippen LogP contribution in [-0.2, 0) is 28.6 Å². The second-order valence-corrected chi connectivity index (χ2v) is 20.6. The second kappa shape index (κ2) is 64.8. The van der Waals surface area contributed by atoms with Gasteiger partial charge in [-0.2, -0.15) is 0 Å². The third kappa shape index (κ3) is 62.1. The molecule has 78 heavy (non-hydrogen) atoms. The van der Waals surface area contributed by atoms with Gasteiger partial charge in [-0.1, -0.05) is 276 Å². The number of ether oxygens (including phenoxy) is 3. The highest BCUT2D eigenvalue weighted by molar-refractivity contribution is 5.71. The van der Waals surface area contributed by atoms with E-state index in [1.165, 1.54) is 83.5 Å². The van der Waals surface area contributed by atoms with Gasteiger partial charge in [-0.05, 0) is 122 Å². The SMILES string of the molecule is CC/C=C\C/C=C\C/C=C\C/C=C\C/C=C\C/C=C\C/C=C\C/C=C\C/C=C\CCCCCC(=O)OCC(COC(=O)CCCCC/C=C\C/C=C\C/C=C\CC)OC(=O)CCCCCCCCCCCCCCCCCC. The summed E-state index contributed by atoms with van der Waals surface area (Å²) in [7, 11) is 0. The minimum Gasteiger partial charge on any atom is -0.462 e. The van der Waals surface area contributed by atoms with Crippen LogP contribution in [0.4, 0.5) is 0 Å². The monoisotopic (exact) mass is 1080 g/mol. The van der Waals surface area contributed by atoms with Gasteiger partial charge in [0, 0.05) is 19.3 Å². The summed E-state index contributed by atoms with van der Waals surface area (Å²) >= 11 is 0. The zero-order valence-electron chi connectivity index (χ0n) is 50.4. The molecular weight excluding hydrogens is 961 g/mol. The van der Waals surface area contributed by atoms with Crippen LogP contribution in [-0.4, -0.2) is 37.2 Å². The molecule has 0 aromatic carbocycles. The van der Waals surface area contributed by atoms with Crippen LogP contribution in [0.15, 0.2) is 146 Å². The van der Waals surface area contributed by atoms with E-state index in [2.05, 4.69) is 167 Å². The van der Waals surface area contributed by atoms with Gasteiger partial charge in [-0.3, -0.25) is 14.4 Å². The fourth-order valence-corrected chi connectivity index (χ4v) is 8.39. The lowest BCUT2D eigenvalue weighted by molar-refractivity contribution is -0.167. The third-order valence-electron chi connectivity index (χ3n) is 13.1. The Morgan fingerprint density at radius 1 is 0.269 bits per heavy atom. The Morgan fingerprint density at radius 2 is 0.500 bits per heavy atom. The van der Waals surface area contributed by atoms with Crippen LogP contribution < -0.4 is 0 Å². The average molecular weight is 1080 g/mol. The molecule has 1 atom stereocenters. The molecule has 1 unspecified atom stereocenters. The molecular formula is C72H116O6. The maximum absolute atomic E-state index is 12.9. The van der Waals surface area contributed by atoms with Crippen LogP contribution in [0.5, 0.6) is 0 Å². The Morgan fingerprint density at radius 3 is 0.782 bits per heavy atom. The summed E-state index contributed by atoms with van der Waals surface area (Å²) in [6.45, 7) is 6.36. The summed E-state index contributed by atoms with van der Waals surface area (Å²) in [4.78, 5) is 38.2. The molecule has 0 spiro atoms. The first-order chi connectivity index (χ1) is 38.5. The molecule has 0 rings (SSSR count). The summed E-state index contributed by atoms with van der Waals surface area (Å²) in [5.74, 6) is -0.965. The predicted octanol–water partition coefficient (Wildman–Crippen LogP) is 21.9. The smallest absolute Gasteiger partial charge is 0.306 e. The Labute approximate surface area is 480 Å². The van der Waals surface area contributed by atoms with Gasteiger partial charge in [0.25, 0.3) is 0 Å². The zero-order valence-corrected chi connectivity index (χ0v) is 50.4. The van der Waals surface area contributed by atoms with Gasteiger partial charge >= 0.3 is 17.9 Å². The van der Waals surface area contributed by atoms with E-state index in [1.54, 1.807) is 0 Å². The first-order valence-electron chi connectivity index (χ1n) is 31.8. The topological polar surface area (TPSA) is 78.9 Å². The van der Waals surface area contributed by atoms with Gasteiger partial charge in [-0.15, -0.1) is 0 Å². The molecule has 0 aliphatic carbocycles. The number of hydrogen-bond acceptors (Lipinski definition) is 6. The largest absolute Gasteiger partial charge is 0.462 e. The molecule has 0 saturated carbocycles. The molecule has 6 nitrogen and oxygen atoms in total. The van der Waals surface area contributed by atoms with Gasteiger partial charge in [0.15, 0.2) is 6.10 Å². The quantitative estimate of drug-likeness (QED) is 0.0261. The summed E-state index contributed by atoms with van der Waals surface area (Å²) in [5.41, 5.74) is 0. The molecule has 0 radical (unpaired) electrons. The fraction of sp³-hybridized carbons (Fsp3) is 0.625. The van der Waals surface area contributed by atoms with Crippen molar-refractivity contribution in [2.24, 2.45) is 0 Å². The highest BCUT2D eigenvalue weighted by atomic mass is 16.6. The Kier molecular flexibility index (Phi) is 60.9. The number of hydrogen-bond donors (Lipinski definition) is 0. The molecule has 0 aliphatic heterocycles. The van der Waals surface area contributed by atoms with E-state index >= 15 is 0 Å². The number of carbonyl (C=O) groups is 3. The van der Waals surface area contributed by atoms with Gasteiger partial charge < -0.3 is 14.2 Å². The lowest BCUT2D eigenvalue weighted by atomic mass is 10.0. The summed E-state index contributed by atoms with van der Waals surface area (Å²) < 4.78 is 16.8. The zero-order chi connectivity index (χ0) is 56.4. The van der Waals surface area contributed by atoms with Crippen LogP contribution in [0.2, 0.25) is 0 Å². The number of rotatable bonds is 56. The van der Waals surface area contributed by atoms with Gasteiger partial charge in [0.05, 0.1) is 0 Å². The molecule has 0 saturated heterocycles. The Balaban J connectivity index is 4.39. The molecule has 0 amide bonds. The summed E-state index contributed by atoms with van der Waals surface area (Å²) in [6, 6.07) is 0. The molecule has 0 heterocycles. The van der Waals surface area contributed by atoms with Crippen molar-refractivity contribution in [3.63, 3.8) is 0 Å². The van der Waals surface area contributed by atoms with Crippen LogP contribution in [0.3, 0.4) is 0 Å². The lowest BCUT2D eigenvalue weighted by Gasteiger charge is -2.18. The van der Waals surface area contributed by atoms with Crippen molar-refractivity contribution >= 4 is 17.9 Å². The van der Waals surface area contributed by atoms with E-state index in [0.29, 0.717) is 19.3 Å². The third-order valence-corrected chi connectivity index (χ3v) is 13.1. The van der Waals surface area contributed by atoms with E-state index in [-0.39, 0.29) is 31.1 Å². The number of carbonyl (C=O) groups excluding carboxylic acids is 3. The first-order valence-corrected chi connectivity index (χ1v) is 31.8. The first kappa shape index (κ1) is 73.3. The molecule has 0 fully saturated rings. The van der Waals surface area contributed by atoms with Crippen molar-refractivity contribution in [1.29, 1.82) is 0 Å². The van der Waals surface area contributed by atoms with Crippen molar-refractivity contribution in [3.05, 3.63) is 146 Å². The van der Waals surface area contributed by atoms with E-state index < -0.39 is 6.10 Å². The maximum atomic E-state index is 12.9. The van der Waals surface area contributed by atoms with Crippen LogP contribution in [0, 0.1) is 0 Å². The molecule has 0 N–H and O–H groups in total. The van der Waals surface area contributed by atoms with E-state index in [9.17, 15) is 14.4 Å². The van der Waals surface area contributed by atoms with E-state index in [4.69, 9.17) is 14.2 Å². The van der Waals surface area contributed by atoms with E-state index in [0.717, 1.165) is 148 Å². The van der Waals surface area contributed by atoms with E-state index in [1.807, 2.05) is 0 Å². The average Bonchev–Trinajstić information content (AvgIpc) is 3.44. The van der Waals surface area contributed by atoms with Gasteiger partial charge in [0.2, 0.25) is 0 Å². The fourth-order valence-electron chi connectivity index (χ4n) is 8.39. The highest BCUT2D eigenvalue weighted by Crippen LogP contribution is 2.15. The normalized spacial score (nSPS) is 13.1. The minimum absolute atomic E-state index is 0.107. The van der Waals surface area contributed by atoms with Crippen molar-refractivity contribution in [3.8, 4) is 0 Å². The molecule has 6 heteroatoms. The molecule has 440 valence electrons. The maximum Gasteiger partial charge on any atom is 0.306 e. The van der Waals surface area contributed by atoms with Crippen LogP contribution >= 0.6 is 0 Å². The summed E-state index contributed by atoms with van der Waals surface area (Å²) in [5, 5.41) is 0. The number of unbranched alkanes of at least 4 members (excludes halogenated alkanes) is 21. The molecule has 0 aromatic heterocycles. The van der Waals surface area contributed by atoms with Crippen LogP contribution in [0.1, 0.15) is 271 Å². The second-order valence-electron chi connectivity index (χ2n) is 20.6. The number of esters is 3. The molecule has 0 aliphatic rings. The Bertz CT molecular complexity index is 1710. The standard InChI is InChI=1S/C72H116O6/c1-4-7-10-13-16-19-22-25-27-29-30-31-32-33-34-35-36-37-38-39-40-41-42-43-45-47-50-53-56-59-62-65-71(74)77-68-69(67-76-70(73)64-61-58-55-52-49-46-24-21-18-15-12-9-6-3)78-72(75)66-63-60-57-54-51-48-44-28-26-23-20-17-14-11-8-5-2/h7,9-10,12,16,18-19,21,25,27,30-31,33-34,36-37,39-40,42-43,46-47,49-50,69H,4-6,8,11,13-15,17,20,22-24,26,28-29,32,35,38,41,44-45,48,51-68H2,1-3H3/b10-7-,12-9-,19-16-,21-18-,27-25-,31-30-,34-33-,37-36-,40-39-,43-42-,49-46-,50-47-. The van der Waals surface area contributed by atoms with Gasteiger partial charge in [0.1, 0.15) is 13.2 Å². The Hall–Kier alpha value is -4.71. The minimum atomic E-state index is -0.808. The van der Waals surface area contributed by atoms with Crippen molar-refractivity contribution in [2.45, 2.75) is 277 Å². The molecule has 0 aromatic rings. The lowest BCUT2D eigenvalue weighted by Crippen LogP contribution is -2.30. The predicted molar refractivity (Wildman–Crippen MR) is 339 cm³/mol. The molecule has 0 bridgehead atoms. The number of allylic oxidation sites excluding steroid dienone is 24. The van der Waals surface area contributed by atoms with Crippen molar-refractivity contribution in [2.75, 3.05) is 13.2 Å². The van der Waals surface area contributed by atoms with Crippen LogP contribution in [0.25, 0.3) is 0 Å².